The summed E-state index contributed by atoms with van der Waals surface area (Å²) < 4.78 is 7.52. The average Bonchev–Trinajstić information content (AvgIpc) is 3.72. The molecule has 200 valence electrons. The topological polar surface area (TPSA) is 76.5 Å². The van der Waals surface area contributed by atoms with E-state index in [1.54, 1.807) is 28.0 Å². The number of amides is 2. The van der Waals surface area contributed by atoms with Crippen molar-refractivity contribution in [1.29, 1.82) is 0 Å². The Hall–Kier alpha value is -3.40. The molecule has 39 heavy (non-hydrogen) atoms. The summed E-state index contributed by atoms with van der Waals surface area (Å²) in [6.07, 6.45) is 1.98. The van der Waals surface area contributed by atoms with Crippen molar-refractivity contribution in [3.8, 4) is 16.9 Å². The molecule has 1 N–H and O–H groups in total. The Balaban J connectivity index is 1.50. The third-order valence-corrected chi connectivity index (χ3v) is 9.36. The fraction of sp³-hybridized carbons (Fsp3) is 0.300. The van der Waals surface area contributed by atoms with Crippen molar-refractivity contribution in [3.05, 3.63) is 88.1 Å². The summed E-state index contributed by atoms with van der Waals surface area (Å²) >= 11 is 3.26. The summed E-state index contributed by atoms with van der Waals surface area (Å²) in [6, 6.07) is 22.3. The van der Waals surface area contributed by atoms with Crippen LogP contribution in [0.1, 0.15) is 34.1 Å². The van der Waals surface area contributed by atoms with E-state index in [0.29, 0.717) is 12.4 Å². The van der Waals surface area contributed by atoms with Gasteiger partial charge in [-0.25, -0.2) is 4.68 Å². The molecule has 6 rings (SSSR count). The van der Waals surface area contributed by atoms with Crippen LogP contribution >= 0.6 is 23.1 Å². The summed E-state index contributed by atoms with van der Waals surface area (Å²) in [4.78, 5) is 29.8. The van der Waals surface area contributed by atoms with Crippen molar-refractivity contribution < 1.29 is 14.3 Å². The van der Waals surface area contributed by atoms with E-state index in [4.69, 9.17) is 9.84 Å². The normalized spacial score (nSPS) is 19.1. The van der Waals surface area contributed by atoms with Gasteiger partial charge in [0.2, 0.25) is 11.8 Å². The smallest absolute Gasteiger partial charge is 0.240 e. The molecule has 2 aromatic heterocycles. The molecule has 2 aliphatic heterocycles. The zero-order valence-electron chi connectivity index (χ0n) is 21.7. The van der Waals surface area contributed by atoms with Crippen LogP contribution in [0, 0.1) is 6.92 Å². The third-order valence-electron chi connectivity index (χ3n) is 7.04. The van der Waals surface area contributed by atoms with Crippen LogP contribution in [0.3, 0.4) is 0 Å². The molecule has 2 amide bonds. The number of thioether (sulfide) groups is 1. The van der Waals surface area contributed by atoms with Crippen LogP contribution in [0.4, 0.5) is 5.82 Å². The van der Waals surface area contributed by atoms with Gasteiger partial charge in [0.15, 0.2) is 0 Å². The number of benzene rings is 2. The molecule has 2 aliphatic rings. The Morgan fingerprint density at radius 3 is 2.74 bits per heavy atom. The number of nitrogens with one attached hydrogen (secondary N) is 1. The van der Waals surface area contributed by atoms with Gasteiger partial charge in [0.25, 0.3) is 0 Å². The van der Waals surface area contributed by atoms with Crippen LogP contribution in [0.5, 0.6) is 0 Å². The van der Waals surface area contributed by atoms with Gasteiger partial charge in [0.1, 0.15) is 12.4 Å². The van der Waals surface area contributed by atoms with Crippen LogP contribution in [-0.4, -0.2) is 53.1 Å². The lowest BCUT2D eigenvalue weighted by Crippen LogP contribution is -2.44. The lowest BCUT2D eigenvalue weighted by Gasteiger charge is -2.23. The summed E-state index contributed by atoms with van der Waals surface area (Å²) in [5.74, 6) is 0.599. The number of rotatable bonds is 7. The number of aryl methyl sites for hydroxylation is 1. The van der Waals surface area contributed by atoms with Gasteiger partial charge in [-0.15, -0.1) is 23.1 Å². The van der Waals surface area contributed by atoms with Gasteiger partial charge in [-0.1, -0.05) is 48.5 Å². The van der Waals surface area contributed by atoms with E-state index in [1.807, 2.05) is 66.2 Å². The number of carbonyl (C=O) groups is 2. The quantitative estimate of drug-likeness (QED) is 0.330. The largest absolute Gasteiger partial charge is 0.376 e. The molecular formula is C30H30N4O3S2. The number of hydrogen-bond acceptors (Lipinski definition) is 6. The van der Waals surface area contributed by atoms with Gasteiger partial charge in [-0.2, -0.15) is 5.10 Å². The van der Waals surface area contributed by atoms with E-state index in [9.17, 15) is 9.59 Å². The first kappa shape index (κ1) is 25.9. The predicted molar refractivity (Wildman–Crippen MR) is 157 cm³/mol. The first-order chi connectivity index (χ1) is 19.1. The van der Waals surface area contributed by atoms with E-state index in [-0.39, 0.29) is 35.5 Å². The molecule has 1 saturated heterocycles. The third kappa shape index (κ3) is 5.39. The maximum absolute atomic E-state index is 13.7. The molecular weight excluding hydrogens is 528 g/mol. The second-order valence-electron chi connectivity index (χ2n) is 9.83. The summed E-state index contributed by atoms with van der Waals surface area (Å²) in [6.45, 7) is 3.14. The Morgan fingerprint density at radius 1 is 1.13 bits per heavy atom. The molecule has 0 spiro atoms. The maximum Gasteiger partial charge on any atom is 0.240 e. The van der Waals surface area contributed by atoms with E-state index < -0.39 is 0 Å². The average molecular weight is 559 g/mol. The van der Waals surface area contributed by atoms with Crippen molar-refractivity contribution in [3.63, 3.8) is 0 Å². The minimum atomic E-state index is -0.206. The lowest BCUT2D eigenvalue weighted by atomic mass is 10.0. The number of anilines is 1. The second kappa shape index (κ2) is 11.4. The van der Waals surface area contributed by atoms with Crippen LogP contribution in [0.2, 0.25) is 0 Å². The number of aromatic nitrogens is 2. The van der Waals surface area contributed by atoms with Crippen molar-refractivity contribution in [2.75, 3.05) is 30.3 Å². The Morgan fingerprint density at radius 2 is 2.00 bits per heavy atom. The van der Waals surface area contributed by atoms with Crippen LogP contribution in [0.25, 0.3) is 16.9 Å². The number of fused-ring (bicyclic) bond motifs is 1. The molecule has 0 saturated carbocycles. The number of thiophene rings is 1. The minimum Gasteiger partial charge on any atom is -0.376 e. The molecule has 0 radical (unpaired) electrons. The van der Waals surface area contributed by atoms with Gasteiger partial charge < -0.3 is 10.1 Å². The molecule has 2 aromatic carbocycles. The maximum atomic E-state index is 13.7. The molecule has 7 nitrogen and oxygen atoms in total. The molecule has 2 atom stereocenters. The zero-order valence-corrected chi connectivity index (χ0v) is 23.3. The van der Waals surface area contributed by atoms with Crippen LogP contribution in [0.15, 0.2) is 72.1 Å². The molecule has 0 bridgehead atoms. The van der Waals surface area contributed by atoms with Gasteiger partial charge in [-0.3, -0.25) is 14.5 Å². The number of nitrogens with zero attached hydrogens (tertiary/aromatic N) is 3. The van der Waals surface area contributed by atoms with Crippen molar-refractivity contribution in [1.82, 2.24) is 15.1 Å². The first-order valence-electron chi connectivity index (χ1n) is 13.2. The number of carbonyl (C=O) groups excluding carboxylic acids is 2. The SMILES string of the molecule is Cc1cccc(-n2nc(-c3ccccc3)c3c2N(CC(=O)NCC2CCCO2)C(=O)CSC3c2cccs2)c1. The lowest BCUT2D eigenvalue weighted by molar-refractivity contribution is -0.123. The van der Waals surface area contributed by atoms with Crippen molar-refractivity contribution in [2.45, 2.75) is 31.1 Å². The minimum absolute atomic E-state index is 0.0330. The van der Waals surface area contributed by atoms with Gasteiger partial charge in [0.05, 0.1) is 28.5 Å². The first-order valence-corrected chi connectivity index (χ1v) is 15.1. The fourth-order valence-electron chi connectivity index (χ4n) is 5.17. The Kier molecular flexibility index (Phi) is 7.54. The summed E-state index contributed by atoms with van der Waals surface area (Å²) in [5.41, 5.74) is 4.68. The van der Waals surface area contributed by atoms with Crippen molar-refractivity contribution >= 4 is 40.7 Å². The van der Waals surface area contributed by atoms with Gasteiger partial charge in [-0.05, 0) is 48.9 Å². The fourth-order valence-corrected chi connectivity index (χ4v) is 7.34. The molecule has 4 aromatic rings. The van der Waals surface area contributed by atoms with Crippen LogP contribution < -0.4 is 10.2 Å². The van der Waals surface area contributed by atoms with Crippen molar-refractivity contribution in [2.24, 2.45) is 0 Å². The molecule has 0 aliphatic carbocycles. The number of ether oxygens (including phenoxy) is 1. The highest BCUT2D eigenvalue weighted by atomic mass is 32.2. The highest BCUT2D eigenvalue weighted by Gasteiger charge is 2.38. The highest BCUT2D eigenvalue weighted by molar-refractivity contribution is 8.00. The standard InChI is InChI=1S/C30H30N4O3S2/c1-20-8-5-11-22(16-20)34-30-27(28(32-34)21-9-3-2-4-10-21)29(24-13-7-15-38-24)39-19-26(36)33(30)18-25(35)31-17-23-12-6-14-37-23/h2-5,7-11,13,15-16,23,29H,6,12,14,17-19H2,1H3,(H,31,35). The monoisotopic (exact) mass is 558 g/mol. The van der Waals surface area contributed by atoms with E-state index in [2.05, 4.69) is 22.8 Å². The van der Waals surface area contributed by atoms with E-state index in [0.717, 1.165) is 52.4 Å². The summed E-state index contributed by atoms with van der Waals surface area (Å²) in [5, 5.41) is 10.1. The zero-order chi connectivity index (χ0) is 26.8. The molecule has 4 heterocycles. The second-order valence-corrected chi connectivity index (χ2v) is 11.9. The Labute approximate surface area is 236 Å². The van der Waals surface area contributed by atoms with Gasteiger partial charge in [0, 0.05) is 29.2 Å². The Bertz CT molecular complexity index is 1460. The van der Waals surface area contributed by atoms with Gasteiger partial charge >= 0.3 is 0 Å². The van der Waals surface area contributed by atoms with Crippen LogP contribution in [-0.2, 0) is 14.3 Å². The molecule has 9 heteroatoms. The highest BCUT2D eigenvalue weighted by Crippen LogP contribution is 2.49. The van der Waals surface area contributed by atoms with E-state index in [1.165, 1.54) is 0 Å². The summed E-state index contributed by atoms with van der Waals surface area (Å²) in [7, 11) is 0. The molecule has 2 unspecified atom stereocenters. The predicted octanol–water partition coefficient (Wildman–Crippen LogP) is 5.37. The molecule has 1 fully saturated rings. The van der Waals surface area contributed by atoms with E-state index >= 15 is 0 Å². The number of hydrogen-bond donors (Lipinski definition) is 1.